The molecule has 0 N–H and O–H groups in total. The van der Waals surface area contributed by atoms with Crippen molar-refractivity contribution >= 4 is 17.5 Å². The Morgan fingerprint density at radius 3 is 2.59 bits per heavy atom. The van der Waals surface area contributed by atoms with Crippen LogP contribution in [-0.4, -0.2) is 29.6 Å². The zero-order valence-electron chi connectivity index (χ0n) is 8.63. The predicted octanol–water partition coefficient (Wildman–Crippen LogP) is 3.10. The molecule has 3 nitrogen and oxygen atoms in total. The van der Waals surface area contributed by atoms with E-state index in [1.165, 1.54) is 12.3 Å². The number of furan rings is 1. The van der Waals surface area contributed by atoms with E-state index in [9.17, 15) is 18.0 Å². The molecule has 0 radical (unpaired) electrons. The molecule has 1 aliphatic rings. The topological polar surface area (TPSA) is 33.5 Å². The van der Waals surface area contributed by atoms with Crippen molar-refractivity contribution in [3.8, 4) is 0 Å². The van der Waals surface area contributed by atoms with E-state index in [1.54, 1.807) is 0 Å². The molecule has 94 valence electrons. The van der Waals surface area contributed by atoms with Crippen molar-refractivity contribution in [2.45, 2.75) is 25.1 Å². The third-order valence-corrected chi connectivity index (χ3v) is 2.74. The highest BCUT2D eigenvalue weighted by Gasteiger charge is 2.41. The standard InChI is InChI=1S/C10H9ClF3NO2/c11-8-7(3-4-17-8)9(16)15(6-1-2-6)5-10(12,13)14/h3-4,6H,1-2,5H2. The Kier molecular flexibility index (Phi) is 3.07. The summed E-state index contributed by atoms with van der Waals surface area (Å²) in [6.45, 7) is -1.25. The van der Waals surface area contributed by atoms with Gasteiger partial charge in [-0.3, -0.25) is 4.79 Å². The van der Waals surface area contributed by atoms with Crippen LogP contribution in [0.2, 0.25) is 5.22 Å². The molecule has 0 atom stereocenters. The summed E-state index contributed by atoms with van der Waals surface area (Å²) >= 11 is 5.58. The van der Waals surface area contributed by atoms with Gasteiger partial charge in [0.15, 0.2) is 0 Å². The van der Waals surface area contributed by atoms with Crippen molar-refractivity contribution in [1.29, 1.82) is 0 Å². The van der Waals surface area contributed by atoms with E-state index in [1.807, 2.05) is 0 Å². The molecule has 1 aliphatic carbocycles. The largest absolute Gasteiger partial charge is 0.452 e. The first-order valence-corrected chi connectivity index (χ1v) is 5.37. The summed E-state index contributed by atoms with van der Waals surface area (Å²) < 4.78 is 41.7. The summed E-state index contributed by atoms with van der Waals surface area (Å²) in [5, 5.41) is -0.178. The Morgan fingerprint density at radius 2 is 2.18 bits per heavy atom. The number of hydrogen-bond acceptors (Lipinski definition) is 2. The summed E-state index contributed by atoms with van der Waals surface area (Å²) in [7, 11) is 0. The van der Waals surface area contributed by atoms with Crippen molar-refractivity contribution in [3.05, 3.63) is 23.1 Å². The lowest BCUT2D eigenvalue weighted by atomic mass is 10.3. The minimum atomic E-state index is -4.41. The van der Waals surface area contributed by atoms with Crippen LogP contribution in [0.1, 0.15) is 23.2 Å². The minimum Gasteiger partial charge on any atom is -0.452 e. The summed E-state index contributed by atoms with van der Waals surface area (Å²) in [5.74, 6) is -0.733. The average molecular weight is 268 g/mol. The van der Waals surface area contributed by atoms with Gasteiger partial charge in [0, 0.05) is 6.04 Å². The van der Waals surface area contributed by atoms with Gasteiger partial charge in [0.05, 0.1) is 11.8 Å². The normalized spacial score (nSPS) is 16.0. The number of nitrogens with zero attached hydrogens (tertiary/aromatic N) is 1. The number of alkyl halides is 3. The Morgan fingerprint density at radius 1 is 1.53 bits per heavy atom. The van der Waals surface area contributed by atoms with E-state index >= 15 is 0 Å². The van der Waals surface area contributed by atoms with E-state index < -0.39 is 18.6 Å². The first-order chi connectivity index (χ1) is 7.88. The molecular formula is C10H9ClF3NO2. The second-order valence-electron chi connectivity index (χ2n) is 3.89. The van der Waals surface area contributed by atoms with Crippen LogP contribution in [0, 0.1) is 0 Å². The van der Waals surface area contributed by atoms with E-state index in [0.717, 1.165) is 4.90 Å². The van der Waals surface area contributed by atoms with Crippen LogP contribution < -0.4 is 0 Å². The van der Waals surface area contributed by atoms with Crippen molar-refractivity contribution in [1.82, 2.24) is 4.90 Å². The summed E-state index contributed by atoms with van der Waals surface area (Å²) in [6, 6.07) is 0.936. The Labute approximate surface area is 100 Å². The maximum Gasteiger partial charge on any atom is 0.406 e. The van der Waals surface area contributed by atoms with E-state index in [-0.39, 0.29) is 16.8 Å². The first kappa shape index (κ1) is 12.3. The molecule has 2 rings (SSSR count). The van der Waals surface area contributed by atoms with Crippen LogP contribution in [0.5, 0.6) is 0 Å². The Hall–Kier alpha value is -1.17. The van der Waals surface area contributed by atoms with Gasteiger partial charge in [-0.2, -0.15) is 13.2 Å². The van der Waals surface area contributed by atoms with Gasteiger partial charge >= 0.3 is 6.18 Å². The molecule has 0 spiro atoms. The lowest BCUT2D eigenvalue weighted by Crippen LogP contribution is -2.40. The summed E-state index contributed by atoms with van der Waals surface area (Å²) in [4.78, 5) is 12.7. The molecule has 0 aromatic carbocycles. The van der Waals surface area contributed by atoms with Crippen LogP contribution in [0.3, 0.4) is 0 Å². The fourth-order valence-electron chi connectivity index (χ4n) is 1.55. The number of halogens is 4. The predicted molar refractivity (Wildman–Crippen MR) is 53.8 cm³/mol. The molecule has 7 heteroatoms. The summed E-state index contributed by atoms with van der Waals surface area (Å²) in [6.07, 6.45) is -2.04. The molecule has 0 bridgehead atoms. The van der Waals surface area contributed by atoms with Gasteiger partial charge in [-0.15, -0.1) is 0 Å². The van der Waals surface area contributed by atoms with Gasteiger partial charge < -0.3 is 9.32 Å². The first-order valence-electron chi connectivity index (χ1n) is 4.99. The van der Waals surface area contributed by atoms with Gasteiger partial charge in [-0.05, 0) is 30.5 Å². The third-order valence-electron chi connectivity index (χ3n) is 2.45. The molecule has 17 heavy (non-hydrogen) atoms. The van der Waals surface area contributed by atoms with Crippen LogP contribution in [-0.2, 0) is 0 Å². The lowest BCUT2D eigenvalue weighted by molar-refractivity contribution is -0.141. The molecule has 1 aromatic rings. The van der Waals surface area contributed by atoms with E-state index in [0.29, 0.717) is 12.8 Å². The molecule has 0 aliphatic heterocycles. The molecule has 1 amide bonds. The van der Waals surface area contributed by atoms with E-state index in [4.69, 9.17) is 16.0 Å². The van der Waals surface area contributed by atoms with Gasteiger partial charge in [-0.1, -0.05) is 0 Å². The monoisotopic (exact) mass is 267 g/mol. The average Bonchev–Trinajstić information content (AvgIpc) is 2.96. The Balaban J connectivity index is 2.17. The van der Waals surface area contributed by atoms with Gasteiger partial charge in [0.1, 0.15) is 6.54 Å². The van der Waals surface area contributed by atoms with E-state index in [2.05, 4.69) is 0 Å². The smallest absolute Gasteiger partial charge is 0.406 e. The maximum atomic E-state index is 12.3. The van der Waals surface area contributed by atoms with Gasteiger partial charge in [-0.25, -0.2) is 0 Å². The second-order valence-corrected chi connectivity index (χ2v) is 4.23. The molecule has 0 unspecified atom stereocenters. The maximum absolute atomic E-state index is 12.3. The van der Waals surface area contributed by atoms with Crippen molar-refractivity contribution in [2.75, 3.05) is 6.54 Å². The van der Waals surface area contributed by atoms with Gasteiger partial charge in [0.25, 0.3) is 5.91 Å². The number of carbonyl (C=O) groups excluding carboxylic acids is 1. The van der Waals surface area contributed by atoms with Crippen molar-refractivity contribution in [2.24, 2.45) is 0 Å². The molecular weight excluding hydrogens is 259 g/mol. The minimum absolute atomic E-state index is 0.0252. The SMILES string of the molecule is O=C(c1ccoc1Cl)N(CC(F)(F)F)C1CC1. The number of hydrogen-bond donors (Lipinski definition) is 0. The van der Waals surface area contributed by atoms with Crippen molar-refractivity contribution in [3.63, 3.8) is 0 Å². The highest BCUT2D eigenvalue weighted by Crippen LogP contribution is 2.32. The van der Waals surface area contributed by atoms with Crippen LogP contribution in [0.4, 0.5) is 13.2 Å². The van der Waals surface area contributed by atoms with Crippen LogP contribution in [0.25, 0.3) is 0 Å². The van der Waals surface area contributed by atoms with Crippen LogP contribution >= 0.6 is 11.6 Å². The highest BCUT2D eigenvalue weighted by molar-refractivity contribution is 6.32. The summed E-state index contributed by atoms with van der Waals surface area (Å²) in [5.41, 5.74) is -0.0252. The van der Waals surface area contributed by atoms with Gasteiger partial charge in [0.2, 0.25) is 5.22 Å². The molecule has 0 saturated heterocycles. The molecule has 1 heterocycles. The van der Waals surface area contributed by atoms with Crippen molar-refractivity contribution < 1.29 is 22.4 Å². The zero-order chi connectivity index (χ0) is 12.6. The highest BCUT2D eigenvalue weighted by atomic mass is 35.5. The lowest BCUT2D eigenvalue weighted by Gasteiger charge is -2.23. The third kappa shape index (κ3) is 2.94. The molecule has 1 aromatic heterocycles. The fraction of sp³-hybridized carbons (Fsp3) is 0.500. The van der Waals surface area contributed by atoms with Crippen LogP contribution in [0.15, 0.2) is 16.7 Å². The Bertz CT molecular complexity index is 425. The number of amides is 1. The molecule has 1 fully saturated rings. The number of rotatable bonds is 3. The second kappa shape index (κ2) is 4.25. The quantitative estimate of drug-likeness (QED) is 0.843. The number of carbonyl (C=O) groups is 1. The molecule has 1 saturated carbocycles. The zero-order valence-corrected chi connectivity index (χ0v) is 9.38. The fourth-order valence-corrected chi connectivity index (χ4v) is 1.74.